The molecule has 0 saturated carbocycles. The molecule has 1 aromatic heterocycles. The van der Waals surface area contributed by atoms with Gasteiger partial charge in [-0.3, -0.25) is 9.89 Å². The Labute approximate surface area is 111 Å². The number of methoxy groups -OCH3 is 1. The van der Waals surface area contributed by atoms with Gasteiger partial charge in [-0.05, 0) is 6.92 Å². The number of aromatic amines is 1. The molecular weight excluding hydrogens is 254 g/mol. The van der Waals surface area contributed by atoms with Crippen LogP contribution in [0.2, 0.25) is 0 Å². The third-order valence-corrected chi connectivity index (χ3v) is 2.90. The Balaban J connectivity index is 2.33. The summed E-state index contributed by atoms with van der Waals surface area (Å²) in [6.45, 7) is 6.23. The van der Waals surface area contributed by atoms with Crippen LogP contribution in [0, 0.1) is 0 Å². The van der Waals surface area contributed by atoms with E-state index >= 15 is 0 Å². The van der Waals surface area contributed by atoms with Gasteiger partial charge < -0.3 is 9.47 Å². The Morgan fingerprint density at radius 3 is 2.72 bits per heavy atom. The second kappa shape index (κ2) is 7.38. The van der Waals surface area contributed by atoms with E-state index in [2.05, 4.69) is 15.2 Å². The highest BCUT2D eigenvalue weighted by Gasteiger charge is 2.12. The van der Waals surface area contributed by atoms with E-state index in [0.29, 0.717) is 17.7 Å². The molecule has 1 unspecified atom stereocenters. The Morgan fingerprint density at radius 2 is 2.17 bits per heavy atom. The lowest BCUT2D eigenvalue weighted by Crippen LogP contribution is -2.20. The zero-order valence-corrected chi connectivity index (χ0v) is 11.9. The lowest BCUT2D eigenvalue weighted by molar-refractivity contribution is -0.147. The Morgan fingerprint density at radius 1 is 1.44 bits per heavy atom. The quantitative estimate of drug-likeness (QED) is 0.600. The lowest BCUT2D eigenvalue weighted by Gasteiger charge is -2.11. The molecule has 0 saturated heterocycles. The molecule has 7 heteroatoms. The van der Waals surface area contributed by atoms with E-state index in [9.17, 15) is 4.79 Å². The van der Waals surface area contributed by atoms with Crippen LogP contribution in [0.4, 0.5) is 0 Å². The first-order valence-electron chi connectivity index (χ1n) is 5.76. The van der Waals surface area contributed by atoms with Crippen LogP contribution in [0.25, 0.3) is 0 Å². The van der Waals surface area contributed by atoms with Crippen LogP contribution in [-0.4, -0.2) is 46.7 Å². The molecule has 1 N–H and O–H groups in total. The van der Waals surface area contributed by atoms with E-state index in [0.717, 1.165) is 5.82 Å². The monoisotopic (exact) mass is 273 g/mol. The zero-order valence-electron chi connectivity index (χ0n) is 11.1. The largest absolute Gasteiger partial charge is 0.460 e. The second-order valence-electron chi connectivity index (χ2n) is 4.20. The number of H-pyrrole nitrogens is 1. The molecule has 0 fully saturated rings. The van der Waals surface area contributed by atoms with Crippen LogP contribution in [0.1, 0.15) is 32.5 Å². The molecule has 18 heavy (non-hydrogen) atoms. The smallest absolute Gasteiger partial charge is 0.316 e. The first-order valence-corrected chi connectivity index (χ1v) is 6.75. The first-order chi connectivity index (χ1) is 8.52. The molecule has 0 aliphatic rings. The van der Waals surface area contributed by atoms with Gasteiger partial charge >= 0.3 is 5.97 Å². The molecule has 0 amide bonds. The average molecular weight is 273 g/mol. The maximum absolute atomic E-state index is 11.5. The van der Waals surface area contributed by atoms with Crippen molar-refractivity contribution in [1.29, 1.82) is 0 Å². The molecule has 0 bridgehead atoms. The van der Waals surface area contributed by atoms with Gasteiger partial charge in [0.1, 0.15) is 11.9 Å². The summed E-state index contributed by atoms with van der Waals surface area (Å²) in [5.41, 5.74) is 0. The van der Waals surface area contributed by atoms with Crippen molar-refractivity contribution in [2.45, 2.75) is 37.9 Å². The standard InChI is InChI=1S/C11H19N3O3S/c1-7(2)10-12-11(14-13-10)18-6-9(15)17-8(3)5-16-4/h7-8H,5-6H2,1-4H3,(H,12,13,14). The molecule has 1 heterocycles. The maximum atomic E-state index is 11.5. The predicted octanol–water partition coefficient (Wildman–Crippen LogP) is 1.60. The second-order valence-corrected chi connectivity index (χ2v) is 5.14. The topological polar surface area (TPSA) is 77.1 Å². The van der Waals surface area contributed by atoms with Crippen molar-refractivity contribution >= 4 is 17.7 Å². The molecule has 0 radical (unpaired) electrons. The normalized spacial score (nSPS) is 12.7. The number of nitrogens with zero attached hydrogens (tertiary/aromatic N) is 2. The van der Waals surface area contributed by atoms with Crippen molar-refractivity contribution in [1.82, 2.24) is 15.2 Å². The summed E-state index contributed by atoms with van der Waals surface area (Å²) < 4.78 is 10.00. The van der Waals surface area contributed by atoms with Crippen molar-refractivity contribution in [2.24, 2.45) is 0 Å². The zero-order chi connectivity index (χ0) is 13.5. The van der Waals surface area contributed by atoms with Crippen molar-refractivity contribution < 1.29 is 14.3 Å². The maximum Gasteiger partial charge on any atom is 0.316 e. The summed E-state index contributed by atoms with van der Waals surface area (Å²) in [7, 11) is 1.57. The number of thioether (sulfide) groups is 1. The van der Waals surface area contributed by atoms with Crippen LogP contribution in [0.3, 0.4) is 0 Å². The van der Waals surface area contributed by atoms with E-state index in [4.69, 9.17) is 9.47 Å². The summed E-state index contributed by atoms with van der Waals surface area (Å²) in [4.78, 5) is 15.7. The molecular formula is C11H19N3O3S. The van der Waals surface area contributed by atoms with E-state index in [1.165, 1.54) is 11.8 Å². The highest BCUT2D eigenvalue weighted by Crippen LogP contribution is 2.16. The van der Waals surface area contributed by atoms with Crippen molar-refractivity contribution in [3.8, 4) is 0 Å². The Kier molecular flexibility index (Phi) is 6.14. The fourth-order valence-corrected chi connectivity index (χ4v) is 1.82. The number of nitrogens with one attached hydrogen (secondary N) is 1. The third kappa shape index (κ3) is 5.05. The van der Waals surface area contributed by atoms with Gasteiger partial charge in [0.2, 0.25) is 5.16 Å². The number of hydrogen-bond donors (Lipinski definition) is 1. The molecule has 0 aliphatic heterocycles. The van der Waals surface area contributed by atoms with Crippen LogP contribution in [-0.2, 0) is 14.3 Å². The number of carbonyl (C=O) groups excluding carboxylic acids is 1. The molecule has 6 nitrogen and oxygen atoms in total. The van der Waals surface area contributed by atoms with Gasteiger partial charge in [0.25, 0.3) is 0 Å². The fraction of sp³-hybridized carbons (Fsp3) is 0.727. The van der Waals surface area contributed by atoms with Crippen LogP contribution in [0.15, 0.2) is 5.16 Å². The Hall–Kier alpha value is -1.08. The van der Waals surface area contributed by atoms with E-state index in [1.807, 2.05) is 13.8 Å². The highest BCUT2D eigenvalue weighted by atomic mass is 32.2. The molecule has 1 aromatic rings. The number of carbonyl (C=O) groups is 1. The van der Waals surface area contributed by atoms with Gasteiger partial charge in [-0.1, -0.05) is 25.6 Å². The fourth-order valence-electron chi connectivity index (χ4n) is 1.23. The molecule has 102 valence electrons. The van der Waals surface area contributed by atoms with Gasteiger partial charge in [-0.15, -0.1) is 5.10 Å². The van der Waals surface area contributed by atoms with E-state index in [-0.39, 0.29) is 17.8 Å². The van der Waals surface area contributed by atoms with Crippen LogP contribution < -0.4 is 0 Å². The molecule has 0 aliphatic carbocycles. The summed E-state index contributed by atoms with van der Waals surface area (Å²) in [6.07, 6.45) is -0.235. The van der Waals surface area contributed by atoms with Crippen molar-refractivity contribution in [3.63, 3.8) is 0 Å². The Bertz CT molecular complexity index is 381. The van der Waals surface area contributed by atoms with Gasteiger partial charge in [-0.2, -0.15) is 0 Å². The summed E-state index contributed by atoms with van der Waals surface area (Å²) in [6, 6.07) is 0. The number of hydrogen-bond acceptors (Lipinski definition) is 6. The minimum Gasteiger partial charge on any atom is -0.460 e. The summed E-state index contributed by atoms with van der Waals surface area (Å²) in [5, 5.41) is 7.42. The molecule has 1 rings (SSSR count). The van der Waals surface area contributed by atoms with E-state index in [1.54, 1.807) is 14.0 Å². The van der Waals surface area contributed by atoms with Gasteiger partial charge in [0, 0.05) is 13.0 Å². The van der Waals surface area contributed by atoms with Crippen LogP contribution in [0.5, 0.6) is 0 Å². The SMILES string of the molecule is COCC(C)OC(=O)CSc1n[nH]c(C(C)C)n1. The lowest BCUT2D eigenvalue weighted by atomic mass is 10.2. The molecule has 0 spiro atoms. The highest BCUT2D eigenvalue weighted by molar-refractivity contribution is 7.99. The van der Waals surface area contributed by atoms with E-state index < -0.39 is 0 Å². The summed E-state index contributed by atoms with van der Waals surface area (Å²) >= 11 is 1.26. The number of esters is 1. The van der Waals surface area contributed by atoms with Gasteiger partial charge in [0.15, 0.2) is 0 Å². The predicted molar refractivity (Wildman–Crippen MR) is 68.6 cm³/mol. The number of aromatic nitrogens is 3. The summed E-state index contributed by atoms with van der Waals surface area (Å²) in [5.74, 6) is 1.02. The minimum atomic E-state index is -0.291. The van der Waals surface area contributed by atoms with Crippen LogP contribution >= 0.6 is 11.8 Å². The third-order valence-electron chi connectivity index (χ3n) is 2.08. The first kappa shape index (κ1) is 15.0. The van der Waals surface area contributed by atoms with Gasteiger partial charge in [0.05, 0.1) is 12.4 Å². The molecule has 0 aromatic carbocycles. The molecule has 1 atom stereocenters. The number of rotatable bonds is 7. The minimum absolute atomic E-state index is 0.198. The van der Waals surface area contributed by atoms with Crippen molar-refractivity contribution in [3.05, 3.63) is 5.82 Å². The van der Waals surface area contributed by atoms with Crippen molar-refractivity contribution in [2.75, 3.05) is 19.5 Å². The number of ether oxygens (including phenoxy) is 2. The van der Waals surface area contributed by atoms with Gasteiger partial charge in [-0.25, -0.2) is 4.98 Å². The average Bonchev–Trinajstić information content (AvgIpc) is 2.75.